The molecule has 2 nitrogen and oxygen atoms in total. The average molecular weight is 537 g/mol. The Balaban J connectivity index is 0.00000210. The maximum absolute atomic E-state index is 4.17. The van der Waals surface area contributed by atoms with Crippen LogP contribution in [0.5, 0.6) is 0 Å². The van der Waals surface area contributed by atoms with Crippen LogP contribution < -0.4 is 4.57 Å². The van der Waals surface area contributed by atoms with Crippen LogP contribution in [0.2, 0.25) is 0 Å². The molecule has 0 aliphatic heterocycles. The largest absolute Gasteiger partial charge is 3.00 e. The topological polar surface area (TPSA) is 16.8 Å². The number of aromatic nitrogens is 2. The van der Waals surface area contributed by atoms with Gasteiger partial charge >= 0.3 is 32.7 Å². The SMILES string of the molecule is Cc1ccc(-c2[c-]cc[c-]c2-c2[c-]cccc2)[c-]c1-c1ccnc[n+]1C.[B].[CH3-].[Y+3].[Y]. The van der Waals surface area contributed by atoms with Gasteiger partial charge in [0.05, 0.1) is 12.7 Å². The molecule has 0 saturated heterocycles. The second kappa shape index (κ2) is 13.4. The number of rotatable bonds is 3. The first-order chi connectivity index (χ1) is 12.7. The first kappa shape index (κ1) is 29.0. The van der Waals surface area contributed by atoms with Crippen molar-refractivity contribution < 1.29 is 70.0 Å². The Bertz CT molecular complexity index is 1070. The summed E-state index contributed by atoms with van der Waals surface area (Å²) < 4.78 is 2.01. The van der Waals surface area contributed by atoms with Gasteiger partial charge in [-0.25, -0.2) is 46.5 Å². The molecule has 0 aliphatic carbocycles. The minimum atomic E-state index is 0. The van der Waals surface area contributed by atoms with E-state index < -0.39 is 0 Å². The Morgan fingerprint density at radius 1 is 0.833 bits per heavy atom. The van der Waals surface area contributed by atoms with Gasteiger partial charge in [0.2, 0.25) is 0 Å². The smallest absolute Gasteiger partial charge is 0.358 e. The van der Waals surface area contributed by atoms with Crippen LogP contribution in [0.1, 0.15) is 5.56 Å². The second-order valence-electron chi connectivity index (χ2n) is 6.15. The van der Waals surface area contributed by atoms with E-state index in [0.29, 0.717) is 0 Å². The molecule has 4 rings (SSSR count). The van der Waals surface area contributed by atoms with E-state index in [1.807, 2.05) is 66.6 Å². The van der Waals surface area contributed by atoms with E-state index in [-0.39, 0.29) is 81.3 Å². The number of aryl methyl sites for hydroxylation is 2. The van der Waals surface area contributed by atoms with Gasteiger partial charge in [-0.2, -0.15) is 36.4 Å². The fourth-order valence-corrected chi connectivity index (χ4v) is 3.04. The van der Waals surface area contributed by atoms with Crippen LogP contribution in [-0.2, 0) is 72.5 Å². The van der Waals surface area contributed by atoms with Crippen molar-refractivity contribution in [3.63, 3.8) is 0 Å². The van der Waals surface area contributed by atoms with Crippen molar-refractivity contribution >= 4 is 8.41 Å². The van der Waals surface area contributed by atoms with Gasteiger partial charge in [-0.3, -0.25) is 4.57 Å². The zero-order valence-corrected chi connectivity index (χ0v) is 23.2. The van der Waals surface area contributed by atoms with Crippen molar-refractivity contribution in [2.45, 2.75) is 6.92 Å². The Morgan fingerprint density at radius 2 is 1.53 bits per heavy atom. The predicted molar refractivity (Wildman–Crippen MR) is 114 cm³/mol. The van der Waals surface area contributed by atoms with Crippen LogP contribution in [0.25, 0.3) is 33.5 Å². The summed E-state index contributed by atoms with van der Waals surface area (Å²) in [5, 5.41) is 0. The first-order valence-electron chi connectivity index (χ1n) is 8.47. The van der Waals surface area contributed by atoms with E-state index in [0.717, 1.165) is 33.5 Å². The molecule has 4 aromatic rings. The van der Waals surface area contributed by atoms with E-state index in [1.54, 1.807) is 0 Å². The van der Waals surface area contributed by atoms with E-state index in [4.69, 9.17) is 0 Å². The zero-order chi connectivity index (χ0) is 17.9. The summed E-state index contributed by atoms with van der Waals surface area (Å²) in [4.78, 5) is 4.17. The van der Waals surface area contributed by atoms with Crippen molar-refractivity contribution in [2.75, 3.05) is 0 Å². The first-order valence-corrected chi connectivity index (χ1v) is 8.47. The van der Waals surface area contributed by atoms with E-state index in [2.05, 4.69) is 48.3 Å². The molecule has 0 amide bonds. The Labute approximate surface area is 232 Å². The summed E-state index contributed by atoms with van der Waals surface area (Å²) in [5.41, 5.74) is 7.27. The Hall–Kier alpha value is -0.987. The molecule has 1 heterocycles. The third kappa shape index (κ3) is 6.27. The van der Waals surface area contributed by atoms with Crippen molar-refractivity contribution in [1.82, 2.24) is 4.98 Å². The van der Waals surface area contributed by atoms with Gasteiger partial charge in [-0.1, -0.05) is 17.5 Å². The molecule has 3 aromatic carbocycles. The average Bonchev–Trinajstić information content (AvgIpc) is 2.70. The fourth-order valence-electron chi connectivity index (χ4n) is 3.04. The Kier molecular flexibility index (Phi) is 13.0. The maximum atomic E-state index is 4.17. The fraction of sp³-hybridized carbons (Fsp3) is 0.0800. The van der Waals surface area contributed by atoms with Gasteiger partial charge in [0, 0.05) is 41.1 Å². The molecule has 4 radical (unpaired) electrons. The second-order valence-corrected chi connectivity index (χ2v) is 6.15. The van der Waals surface area contributed by atoms with Gasteiger partial charge in [-0.15, -0.1) is 17.7 Å². The van der Waals surface area contributed by atoms with Gasteiger partial charge in [0.1, 0.15) is 6.20 Å². The van der Waals surface area contributed by atoms with Crippen LogP contribution in [0.4, 0.5) is 0 Å². The minimum absolute atomic E-state index is 0. The summed E-state index contributed by atoms with van der Waals surface area (Å²) in [6.45, 7) is 2.10. The van der Waals surface area contributed by atoms with Crippen molar-refractivity contribution in [2.24, 2.45) is 7.05 Å². The summed E-state index contributed by atoms with van der Waals surface area (Å²) >= 11 is 0. The van der Waals surface area contributed by atoms with Crippen LogP contribution in [-0.4, -0.2) is 13.4 Å². The van der Waals surface area contributed by atoms with Gasteiger partial charge < -0.3 is 7.43 Å². The molecule has 0 aliphatic rings. The minimum Gasteiger partial charge on any atom is -0.358 e. The quantitative estimate of drug-likeness (QED) is 0.214. The normalized spacial score (nSPS) is 9.27. The van der Waals surface area contributed by atoms with Crippen LogP contribution in [0.15, 0.2) is 67.1 Å². The van der Waals surface area contributed by atoms with Gasteiger partial charge in [-0.05, 0) is 6.07 Å². The summed E-state index contributed by atoms with van der Waals surface area (Å²) in [6.07, 6.45) is 3.62. The number of hydrogen-bond acceptors (Lipinski definition) is 1. The molecule has 5 heteroatoms. The molecular formula is C25H20BN2Y2-. The standard InChI is InChI=1S/C24H17N2.CH3.B.2Y/c1-18-12-13-20(16-23(18)24-14-15-25-17-26(24)2)22-11-7-6-10-21(22)19-8-4-3-5-9-19;;;;/h3-8,12-15,17H,1-2H3;1H3;;;/q-3;-1;;;+3. The summed E-state index contributed by atoms with van der Waals surface area (Å²) in [7, 11) is 2.00. The molecule has 0 saturated carbocycles. The van der Waals surface area contributed by atoms with Crippen LogP contribution in [0.3, 0.4) is 0 Å². The van der Waals surface area contributed by atoms with Crippen molar-refractivity contribution in [3.8, 4) is 33.5 Å². The van der Waals surface area contributed by atoms with Crippen LogP contribution in [0, 0.1) is 38.6 Å². The zero-order valence-electron chi connectivity index (χ0n) is 17.5. The molecule has 0 atom stereocenters. The number of nitrogens with zero attached hydrogens (tertiary/aromatic N) is 2. The van der Waals surface area contributed by atoms with Crippen LogP contribution >= 0.6 is 0 Å². The third-order valence-electron chi connectivity index (χ3n) is 4.38. The summed E-state index contributed by atoms with van der Waals surface area (Å²) in [5.74, 6) is 0. The number of benzene rings is 3. The molecule has 0 fully saturated rings. The molecule has 0 spiro atoms. The summed E-state index contributed by atoms with van der Waals surface area (Å²) in [6, 6.07) is 31.5. The predicted octanol–water partition coefficient (Wildman–Crippen LogP) is 4.48. The molecular weight excluding hydrogens is 517 g/mol. The van der Waals surface area contributed by atoms with Crippen molar-refractivity contribution in [1.29, 1.82) is 0 Å². The third-order valence-corrected chi connectivity index (χ3v) is 4.38. The molecule has 140 valence electrons. The van der Waals surface area contributed by atoms with Gasteiger partial charge in [0.15, 0.2) is 0 Å². The Morgan fingerprint density at radius 3 is 2.17 bits per heavy atom. The van der Waals surface area contributed by atoms with Crippen molar-refractivity contribution in [3.05, 3.63) is 104 Å². The molecule has 0 unspecified atom stereocenters. The van der Waals surface area contributed by atoms with E-state index in [9.17, 15) is 0 Å². The molecule has 0 N–H and O–H groups in total. The molecule has 30 heavy (non-hydrogen) atoms. The monoisotopic (exact) mass is 537 g/mol. The van der Waals surface area contributed by atoms with E-state index >= 15 is 0 Å². The number of hydrogen-bond donors (Lipinski definition) is 0. The molecule has 1 aromatic heterocycles. The molecule has 0 bridgehead atoms. The van der Waals surface area contributed by atoms with Gasteiger partial charge in [0.25, 0.3) is 6.33 Å². The van der Waals surface area contributed by atoms with E-state index in [1.165, 1.54) is 5.56 Å². The maximum Gasteiger partial charge on any atom is 3.00 e.